The third kappa shape index (κ3) is 4.28. The van der Waals surface area contributed by atoms with E-state index in [1.165, 1.54) is 16.7 Å². The minimum Gasteiger partial charge on any atom is -0.487 e. The van der Waals surface area contributed by atoms with Gasteiger partial charge in [0.15, 0.2) is 0 Å². The van der Waals surface area contributed by atoms with Crippen molar-refractivity contribution in [1.29, 1.82) is 0 Å². The fourth-order valence-electron chi connectivity index (χ4n) is 3.26. The van der Waals surface area contributed by atoms with Crippen LogP contribution in [0.2, 0.25) is 0 Å². The first kappa shape index (κ1) is 17.6. The van der Waals surface area contributed by atoms with Crippen molar-refractivity contribution in [3.63, 3.8) is 0 Å². The van der Waals surface area contributed by atoms with E-state index in [1.807, 2.05) is 32.2 Å². The Bertz CT molecular complexity index is 999. The van der Waals surface area contributed by atoms with Gasteiger partial charge in [-0.1, -0.05) is 29.7 Å². The maximum absolute atomic E-state index is 12.4. The number of ether oxygens (including phenoxy) is 1. The van der Waals surface area contributed by atoms with Gasteiger partial charge in [-0.05, 0) is 35.2 Å². The lowest BCUT2D eigenvalue weighted by molar-refractivity contribution is 0.300. The van der Waals surface area contributed by atoms with E-state index in [-0.39, 0.29) is 5.56 Å². The average Bonchev–Trinajstić information content (AvgIpc) is 3.14. The van der Waals surface area contributed by atoms with E-state index >= 15 is 0 Å². The van der Waals surface area contributed by atoms with Gasteiger partial charge in [0.1, 0.15) is 20.2 Å². The van der Waals surface area contributed by atoms with E-state index in [9.17, 15) is 4.79 Å². The second-order valence-electron chi connectivity index (χ2n) is 6.97. The van der Waals surface area contributed by atoms with E-state index in [0.717, 1.165) is 30.7 Å². The topological polar surface area (TPSA) is 56.1 Å². The standard InChI is InChI=1S/C21H22BN3O2/c22-18-3-4-19(24-13-18)14-27-20-6-8-25(21(26)10-20)7-5-15-1-2-16-11-23-12-17(16)9-15/h1-4,6,8-10,13,23H,5,7,11-12,14,22H2. The minimum absolute atomic E-state index is 0.0489. The average molecular weight is 359 g/mol. The number of hydrogen-bond donors (Lipinski definition) is 1. The van der Waals surface area contributed by atoms with E-state index < -0.39 is 0 Å². The summed E-state index contributed by atoms with van der Waals surface area (Å²) in [6.45, 7) is 2.90. The zero-order valence-corrected chi connectivity index (χ0v) is 15.4. The van der Waals surface area contributed by atoms with Gasteiger partial charge in [-0.25, -0.2) is 0 Å². The Labute approximate surface area is 159 Å². The van der Waals surface area contributed by atoms with Crippen LogP contribution in [-0.4, -0.2) is 17.4 Å². The van der Waals surface area contributed by atoms with Crippen molar-refractivity contribution >= 4 is 13.3 Å². The molecule has 1 aromatic carbocycles. The lowest BCUT2D eigenvalue weighted by atomic mass is 9.99. The number of hydrogen-bond acceptors (Lipinski definition) is 4. The quantitative estimate of drug-likeness (QED) is 0.666. The molecule has 0 fully saturated rings. The number of rotatable bonds is 6. The van der Waals surface area contributed by atoms with Crippen molar-refractivity contribution in [2.24, 2.45) is 0 Å². The molecule has 27 heavy (non-hydrogen) atoms. The van der Waals surface area contributed by atoms with Crippen LogP contribution in [0.3, 0.4) is 0 Å². The molecule has 136 valence electrons. The van der Waals surface area contributed by atoms with Gasteiger partial charge in [-0.2, -0.15) is 0 Å². The molecule has 0 amide bonds. The highest BCUT2D eigenvalue weighted by atomic mass is 16.5. The molecule has 4 rings (SSSR count). The molecule has 0 unspecified atom stereocenters. The molecule has 1 N–H and O–H groups in total. The van der Waals surface area contributed by atoms with Gasteiger partial charge in [0, 0.05) is 38.1 Å². The van der Waals surface area contributed by atoms with Crippen LogP contribution in [0.1, 0.15) is 22.4 Å². The summed E-state index contributed by atoms with van der Waals surface area (Å²) < 4.78 is 7.42. The van der Waals surface area contributed by atoms with E-state index in [2.05, 4.69) is 28.5 Å². The van der Waals surface area contributed by atoms with Gasteiger partial charge in [-0.15, -0.1) is 0 Å². The van der Waals surface area contributed by atoms with E-state index in [0.29, 0.717) is 18.9 Å². The molecule has 0 saturated heterocycles. The molecule has 5 nitrogen and oxygen atoms in total. The smallest absolute Gasteiger partial charge is 0.254 e. The SMILES string of the molecule is Bc1ccc(COc2ccn(CCc3ccc4c(c3)CNC4)c(=O)c2)nc1. The third-order valence-corrected chi connectivity index (χ3v) is 4.87. The molecule has 6 heteroatoms. The summed E-state index contributed by atoms with van der Waals surface area (Å²) in [7, 11) is 2.00. The van der Waals surface area contributed by atoms with Crippen LogP contribution in [0.25, 0.3) is 0 Å². The van der Waals surface area contributed by atoms with Crippen molar-refractivity contribution in [2.45, 2.75) is 32.7 Å². The molecule has 3 heterocycles. The predicted molar refractivity (Wildman–Crippen MR) is 108 cm³/mol. The zero-order chi connectivity index (χ0) is 18.6. The molecular weight excluding hydrogens is 337 g/mol. The highest BCUT2D eigenvalue weighted by molar-refractivity contribution is 6.31. The molecule has 0 saturated carbocycles. The first-order valence-corrected chi connectivity index (χ1v) is 9.23. The van der Waals surface area contributed by atoms with Gasteiger partial charge in [0.25, 0.3) is 5.56 Å². The van der Waals surface area contributed by atoms with E-state index in [4.69, 9.17) is 4.74 Å². The molecule has 0 bridgehead atoms. The normalized spacial score (nSPS) is 12.7. The monoisotopic (exact) mass is 359 g/mol. The maximum atomic E-state index is 12.4. The van der Waals surface area contributed by atoms with Crippen LogP contribution in [0.4, 0.5) is 0 Å². The summed E-state index contributed by atoms with van der Waals surface area (Å²) in [5.41, 5.74) is 5.91. The van der Waals surface area contributed by atoms with Gasteiger partial charge in [-0.3, -0.25) is 9.78 Å². The molecule has 1 aliphatic rings. The largest absolute Gasteiger partial charge is 0.487 e. The molecular formula is C21H22BN3O2. The Hall–Kier alpha value is -2.86. The van der Waals surface area contributed by atoms with Crippen molar-refractivity contribution in [1.82, 2.24) is 14.9 Å². The summed E-state index contributed by atoms with van der Waals surface area (Å²) in [6.07, 6.45) is 4.45. The molecule has 0 radical (unpaired) electrons. The summed E-state index contributed by atoms with van der Waals surface area (Å²) in [6, 6.07) is 13.9. The minimum atomic E-state index is -0.0489. The number of fused-ring (bicyclic) bond motifs is 1. The first-order valence-electron chi connectivity index (χ1n) is 9.23. The first-order chi connectivity index (χ1) is 13.2. The van der Waals surface area contributed by atoms with Gasteiger partial charge < -0.3 is 14.6 Å². The molecule has 0 atom stereocenters. The second kappa shape index (κ2) is 7.80. The highest BCUT2D eigenvalue weighted by Gasteiger charge is 2.10. The number of nitrogens with zero attached hydrogens (tertiary/aromatic N) is 2. The Kier molecular flexibility index (Phi) is 5.07. The Morgan fingerprint density at radius 1 is 1.11 bits per heavy atom. The van der Waals surface area contributed by atoms with E-state index in [1.54, 1.807) is 16.8 Å². The number of aryl methyl sites for hydroxylation is 2. The third-order valence-electron chi connectivity index (χ3n) is 4.87. The molecule has 3 aromatic rings. The summed E-state index contributed by atoms with van der Waals surface area (Å²) >= 11 is 0. The molecule has 1 aliphatic heterocycles. The second-order valence-corrected chi connectivity index (χ2v) is 6.97. The Morgan fingerprint density at radius 2 is 2.00 bits per heavy atom. The Balaban J connectivity index is 1.36. The number of pyridine rings is 2. The summed E-state index contributed by atoms with van der Waals surface area (Å²) in [5, 5.41) is 3.36. The maximum Gasteiger partial charge on any atom is 0.254 e. The lowest BCUT2D eigenvalue weighted by Gasteiger charge is -2.09. The van der Waals surface area contributed by atoms with Crippen molar-refractivity contribution in [3.05, 3.63) is 87.6 Å². The zero-order valence-electron chi connectivity index (χ0n) is 15.4. The molecule has 2 aromatic heterocycles. The van der Waals surface area contributed by atoms with Crippen LogP contribution in [0, 0.1) is 0 Å². The lowest BCUT2D eigenvalue weighted by Crippen LogP contribution is -2.19. The molecule has 0 aliphatic carbocycles. The molecule has 0 spiro atoms. The van der Waals surface area contributed by atoms with Crippen LogP contribution in [0.5, 0.6) is 5.75 Å². The number of benzene rings is 1. The van der Waals surface area contributed by atoms with Gasteiger partial charge in [0.05, 0.1) is 5.69 Å². The van der Waals surface area contributed by atoms with Crippen LogP contribution >= 0.6 is 0 Å². The van der Waals surface area contributed by atoms with Gasteiger partial charge in [0.2, 0.25) is 0 Å². The summed E-state index contributed by atoms with van der Waals surface area (Å²) in [5.74, 6) is 0.572. The highest BCUT2D eigenvalue weighted by Crippen LogP contribution is 2.17. The van der Waals surface area contributed by atoms with Crippen LogP contribution in [0.15, 0.2) is 59.7 Å². The predicted octanol–water partition coefficient (Wildman–Crippen LogP) is 0.927. The number of nitrogens with one attached hydrogen (secondary N) is 1. The summed E-state index contributed by atoms with van der Waals surface area (Å²) in [4.78, 5) is 16.7. The Morgan fingerprint density at radius 3 is 2.81 bits per heavy atom. The van der Waals surface area contributed by atoms with Crippen molar-refractivity contribution < 1.29 is 4.74 Å². The fraction of sp³-hybridized carbons (Fsp3) is 0.238. The fourth-order valence-corrected chi connectivity index (χ4v) is 3.26. The number of aromatic nitrogens is 2. The van der Waals surface area contributed by atoms with Crippen molar-refractivity contribution in [3.8, 4) is 5.75 Å². The van der Waals surface area contributed by atoms with Crippen LogP contribution < -0.4 is 21.1 Å². The van der Waals surface area contributed by atoms with Crippen LogP contribution in [-0.2, 0) is 32.7 Å². The van der Waals surface area contributed by atoms with Gasteiger partial charge >= 0.3 is 0 Å². The van der Waals surface area contributed by atoms with Crippen molar-refractivity contribution in [2.75, 3.05) is 0 Å².